The molecule has 0 aliphatic heterocycles. The largest absolute Gasteiger partial charge is 0.321 e. The van der Waals surface area contributed by atoms with E-state index < -0.39 is 17.1 Å². The van der Waals surface area contributed by atoms with Crippen LogP contribution in [0.4, 0.5) is 10.8 Å². The highest BCUT2D eigenvalue weighted by Crippen LogP contribution is 2.37. The summed E-state index contributed by atoms with van der Waals surface area (Å²) in [6.45, 7) is 2.01. The highest BCUT2D eigenvalue weighted by Gasteiger charge is 2.24. The van der Waals surface area contributed by atoms with Crippen LogP contribution in [0.25, 0.3) is 6.08 Å². The van der Waals surface area contributed by atoms with Crippen LogP contribution < -0.4 is 16.0 Å². The second-order valence-corrected chi connectivity index (χ2v) is 13.2. The fourth-order valence-corrected chi connectivity index (χ4v) is 6.74. The lowest BCUT2D eigenvalue weighted by Crippen LogP contribution is -2.30. The van der Waals surface area contributed by atoms with Gasteiger partial charge in [0, 0.05) is 32.7 Å². The van der Waals surface area contributed by atoms with Crippen LogP contribution in [0.2, 0.25) is 5.02 Å². The monoisotopic (exact) mass is 685 g/mol. The van der Waals surface area contributed by atoms with Gasteiger partial charge in [-0.25, -0.2) is 0 Å². The van der Waals surface area contributed by atoms with Crippen molar-refractivity contribution in [2.75, 3.05) is 16.4 Å². The average Bonchev–Trinajstić information content (AvgIpc) is 3.51. The topological polar surface area (TPSA) is 113 Å². The molecule has 1 heterocycles. The number of halogens is 1. The Kier molecular flexibility index (Phi) is 11.6. The Morgan fingerprint density at radius 1 is 0.891 bits per heavy atom. The molecular formula is C34H28ClN5O3S3. The molecule has 5 aromatic rings. The minimum absolute atomic E-state index is 0.0132. The van der Waals surface area contributed by atoms with Crippen molar-refractivity contribution in [3.8, 4) is 0 Å². The Morgan fingerprint density at radius 2 is 1.61 bits per heavy atom. The maximum Gasteiger partial charge on any atom is 0.272 e. The normalized spacial score (nSPS) is 11.8. The summed E-state index contributed by atoms with van der Waals surface area (Å²) in [5.41, 5.74) is 2.27. The number of nitrogens with one attached hydrogen (secondary N) is 3. The van der Waals surface area contributed by atoms with Crippen LogP contribution in [-0.4, -0.2) is 32.8 Å². The number of amides is 3. The smallest absolute Gasteiger partial charge is 0.272 e. The number of benzene rings is 4. The summed E-state index contributed by atoms with van der Waals surface area (Å²) in [6.07, 6.45) is 1.53. The lowest BCUT2D eigenvalue weighted by Gasteiger charge is -2.17. The van der Waals surface area contributed by atoms with Crippen molar-refractivity contribution in [1.29, 1.82) is 0 Å². The Hall–Kier alpha value is -4.42. The summed E-state index contributed by atoms with van der Waals surface area (Å²) in [7, 11) is 0. The van der Waals surface area contributed by atoms with E-state index in [1.54, 1.807) is 72.8 Å². The van der Waals surface area contributed by atoms with Gasteiger partial charge in [0.05, 0.1) is 0 Å². The fourth-order valence-electron chi connectivity index (χ4n) is 4.19. The fraction of sp³-hybridized carbons (Fsp3) is 0.0882. The first-order valence-electron chi connectivity index (χ1n) is 14.1. The van der Waals surface area contributed by atoms with Crippen molar-refractivity contribution < 1.29 is 14.4 Å². The van der Waals surface area contributed by atoms with Crippen molar-refractivity contribution in [3.05, 3.63) is 137 Å². The minimum atomic E-state index is -0.612. The predicted molar refractivity (Wildman–Crippen MR) is 188 cm³/mol. The van der Waals surface area contributed by atoms with Crippen LogP contribution in [0.15, 0.2) is 125 Å². The van der Waals surface area contributed by atoms with Crippen LogP contribution in [-0.2, 0) is 9.59 Å². The standard InChI is InChI=1S/C34H28ClN5O3S3/c1-2-44-34-39-33(46-40-34)38-32(43)29(22-12-5-3-6-13-22)45-26-18-11-17-25(21-26)36-31(42)28(20-24-16-9-10-19-27(24)35)37-30(41)23-14-7-4-8-15-23/h3-21,29H,2H2,1H3,(H,36,42)(H,37,41)(H,38,39,40,43)/b28-20+. The molecule has 46 heavy (non-hydrogen) atoms. The van der Waals surface area contributed by atoms with Crippen LogP contribution in [0.1, 0.15) is 33.7 Å². The van der Waals surface area contributed by atoms with Crippen LogP contribution in [0, 0.1) is 0 Å². The molecule has 0 bridgehead atoms. The SMILES string of the molecule is CCSc1nsc(NC(=O)C(Sc2cccc(NC(=O)/C(=C\c3ccccc3Cl)NC(=O)c3ccccc3)c2)c2ccccc2)n1. The molecule has 3 amide bonds. The van der Waals surface area contributed by atoms with Gasteiger partial charge >= 0.3 is 0 Å². The van der Waals surface area contributed by atoms with E-state index in [1.165, 1.54) is 29.6 Å². The van der Waals surface area contributed by atoms with E-state index in [0.717, 1.165) is 27.7 Å². The molecule has 12 heteroatoms. The van der Waals surface area contributed by atoms with E-state index in [9.17, 15) is 14.4 Å². The second kappa shape index (κ2) is 16.2. The lowest BCUT2D eigenvalue weighted by atomic mass is 10.1. The zero-order valence-electron chi connectivity index (χ0n) is 24.5. The third-order valence-electron chi connectivity index (χ3n) is 6.33. The lowest BCUT2D eigenvalue weighted by molar-refractivity contribution is -0.116. The van der Waals surface area contributed by atoms with Crippen molar-refractivity contribution in [3.63, 3.8) is 0 Å². The molecule has 0 saturated heterocycles. The third kappa shape index (κ3) is 9.07. The molecule has 0 saturated carbocycles. The van der Waals surface area contributed by atoms with Gasteiger partial charge in [-0.2, -0.15) is 9.36 Å². The van der Waals surface area contributed by atoms with Gasteiger partial charge in [-0.3, -0.25) is 19.7 Å². The van der Waals surface area contributed by atoms with E-state index in [-0.39, 0.29) is 11.6 Å². The Morgan fingerprint density at radius 3 is 2.35 bits per heavy atom. The molecule has 4 aromatic carbocycles. The molecule has 1 unspecified atom stereocenters. The molecule has 0 aliphatic rings. The molecule has 0 radical (unpaired) electrons. The number of thioether (sulfide) groups is 2. The first-order chi connectivity index (χ1) is 22.4. The van der Waals surface area contributed by atoms with Crippen LogP contribution >= 0.6 is 46.7 Å². The molecule has 0 aliphatic carbocycles. The number of nitrogens with zero attached hydrogens (tertiary/aromatic N) is 2. The van der Waals surface area contributed by atoms with E-state index >= 15 is 0 Å². The molecular weight excluding hydrogens is 658 g/mol. The minimum Gasteiger partial charge on any atom is -0.321 e. The molecule has 5 rings (SSSR count). The number of hydrogen-bond donors (Lipinski definition) is 3. The summed E-state index contributed by atoms with van der Waals surface area (Å²) >= 11 is 10.3. The average molecular weight is 686 g/mol. The summed E-state index contributed by atoms with van der Waals surface area (Å²) < 4.78 is 4.29. The van der Waals surface area contributed by atoms with Gasteiger partial charge in [0.2, 0.25) is 16.2 Å². The maximum absolute atomic E-state index is 13.6. The zero-order valence-corrected chi connectivity index (χ0v) is 27.7. The summed E-state index contributed by atoms with van der Waals surface area (Å²) in [6, 6.07) is 32.2. The third-order valence-corrected chi connectivity index (χ3v) is 9.40. The first-order valence-corrected chi connectivity index (χ1v) is 17.1. The molecule has 1 atom stereocenters. The van der Waals surface area contributed by atoms with E-state index in [0.29, 0.717) is 32.1 Å². The summed E-state index contributed by atoms with van der Waals surface area (Å²) in [5, 5.41) is 9.38. The van der Waals surface area contributed by atoms with Crippen molar-refractivity contribution >= 4 is 81.3 Å². The second-order valence-electron chi connectivity index (χ2n) is 9.59. The summed E-state index contributed by atoms with van der Waals surface area (Å²) in [5.74, 6) is -0.397. The Labute approximate surface area is 284 Å². The number of hydrogen-bond acceptors (Lipinski definition) is 8. The van der Waals surface area contributed by atoms with Crippen molar-refractivity contribution in [2.24, 2.45) is 0 Å². The first kappa shape index (κ1) is 33.0. The highest BCUT2D eigenvalue weighted by atomic mass is 35.5. The molecule has 232 valence electrons. The predicted octanol–water partition coefficient (Wildman–Crippen LogP) is 8.19. The van der Waals surface area contributed by atoms with Crippen LogP contribution in [0.5, 0.6) is 0 Å². The Balaban J connectivity index is 1.36. The zero-order chi connectivity index (χ0) is 32.3. The van der Waals surface area contributed by atoms with Crippen molar-refractivity contribution in [1.82, 2.24) is 14.7 Å². The number of carbonyl (C=O) groups is 3. The van der Waals surface area contributed by atoms with E-state index in [2.05, 4.69) is 25.3 Å². The number of anilines is 2. The van der Waals surface area contributed by atoms with E-state index in [4.69, 9.17) is 11.6 Å². The maximum atomic E-state index is 13.6. The highest BCUT2D eigenvalue weighted by molar-refractivity contribution is 8.00. The molecule has 8 nitrogen and oxygen atoms in total. The quantitative estimate of drug-likeness (QED) is 0.0897. The van der Waals surface area contributed by atoms with Gasteiger partial charge < -0.3 is 10.6 Å². The van der Waals surface area contributed by atoms with Crippen molar-refractivity contribution in [2.45, 2.75) is 22.2 Å². The molecule has 0 fully saturated rings. The number of carbonyl (C=O) groups excluding carboxylic acids is 3. The van der Waals surface area contributed by atoms with Gasteiger partial charge in [-0.15, -0.1) is 11.8 Å². The number of rotatable bonds is 12. The molecule has 0 spiro atoms. The number of aromatic nitrogens is 2. The molecule has 3 N–H and O–H groups in total. The van der Waals surface area contributed by atoms with Gasteiger partial charge in [0.15, 0.2) is 0 Å². The van der Waals surface area contributed by atoms with E-state index in [1.807, 2.05) is 43.3 Å². The van der Waals surface area contributed by atoms with Gasteiger partial charge in [0.25, 0.3) is 11.8 Å². The van der Waals surface area contributed by atoms with Gasteiger partial charge in [0.1, 0.15) is 10.9 Å². The Bertz CT molecular complexity index is 1850. The summed E-state index contributed by atoms with van der Waals surface area (Å²) in [4.78, 5) is 45.3. The van der Waals surface area contributed by atoms with Crippen LogP contribution in [0.3, 0.4) is 0 Å². The van der Waals surface area contributed by atoms with Gasteiger partial charge in [-0.1, -0.05) is 103 Å². The molecule has 1 aromatic heterocycles. The van der Waals surface area contributed by atoms with Gasteiger partial charge in [-0.05, 0) is 59.4 Å².